The van der Waals surface area contributed by atoms with E-state index in [9.17, 15) is 13.2 Å². The predicted octanol–water partition coefficient (Wildman–Crippen LogP) is 2.07. The zero-order valence-corrected chi connectivity index (χ0v) is 14.6. The number of benzene rings is 1. The summed E-state index contributed by atoms with van der Waals surface area (Å²) in [5, 5.41) is 3.67. The number of carbonyl (C=O) groups excluding carboxylic acids is 1. The molecule has 0 aliphatic rings. The molecule has 2 rings (SSSR count). The zero-order valence-electron chi connectivity index (χ0n) is 13.8. The van der Waals surface area contributed by atoms with Crippen molar-refractivity contribution in [3.05, 3.63) is 35.4 Å². The summed E-state index contributed by atoms with van der Waals surface area (Å²) in [6.07, 6.45) is 0. The fourth-order valence-corrected chi connectivity index (χ4v) is 3.12. The second kappa shape index (κ2) is 6.64. The van der Waals surface area contributed by atoms with Crippen LogP contribution in [-0.2, 0) is 14.8 Å². The highest BCUT2D eigenvalue weighted by atomic mass is 32.2. The minimum atomic E-state index is -3.38. The molecule has 6 nitrogen and oxygen atoms in total. The molecular formula is C16H21N3O3S. The molecule has 0 bridgehead atoms. The van der Waals surface area contributed by atoms with Crippen LogP contribution in [0.3, 0.4) is 0 Å². The van der Waals surface area contributed by atoms with Gasteiger partial charge in [0.2, 0.25) is 15.9 Å². The summed E-state index contributed by atoms with van der Waals surface area (Å²) in [7, 11) is -1.99. The zero-order chi connectivity index (χ0) is 17.2. The number of sulfonamides is 1. The highest BCUT2D eigenvalue weighted by Crippen LogP contribution is 2.20. The maximum absolute atomic E-state index is 12.0. The lowest BCUT2D eigenvalue weighted by atomic mass is 10.1. The van der Waals surface area contributed by atoms with Crippen LogP contribution in [0.5, 0.6) is 0 Å². The Balaban J connectivity index is 2.17. The number of fused-ring (bicyclic) bond motifs is 1. The molecule has 1 aromatic carbocycles. The summed E-state index contributed by atoms with van der Waals surface area (Å²) in [5.41, 5.74) is 3.02. The smallest absolute Gasteiger partial charge is 0.240 e. The van der Waals surface area contributed by atoms with Crippen LogP contribution < -0.4 is 5.32 Å². The van der Waals surface area contributed by atoms with Gasteiger partial charge in [-0.15, -0.1) is 0 Å². The third-order valence-electron chi connectivity index (χ3n) is 3.63. The summed E-state index contributed by atoms with van der Waals surface area (Å²) in [6.45, 7) is 5.31. The highest BCUT2D eigenvalue weighted by Gasteiger charge is 2.18. The standard InChI is InChI=1S/C16H21N3O3S/c1-5-23(21,22)19(4)10-16(20)18-15-7-6-13-12(3)8-11(2)9-14(13)17-15/h6-9H,5,10H2,1-4H3,(H,17,18,20). The summed E-state index contributed by atoms with van der Waals surface area (Å²) >= 11 is 0. The number of likely N-dealkylation sites (N-methyl/N-ethyl adjacent to an activating group) is 1. The molecule has 0 saturated carbocycles. The molecule has 1 amide bonds. The number of pyridine rings is 1. The first kappa shape index (κ1) is 17.4. The maximum Gasteiger partial charge on any atom is 0.240 e. The van der Waals surface area contributed by atoms with E-state index in [1.54, 1.807) is 13.0 Å². The molecule has 7 heteroatoms. The molecule has 124 valence electrons. The van der Waals surface area contributed by atoms with Gasteiger partial charge in [-0.25, -0.2) is 13.4 Å². The molecule has 0 fully saturated rings. The van der Waals surface area contributed by atoms with Gasteiger partial charge in [0.1, 0.15) is 5.82 Å². The van der Waals surface area contributed by atoms with Crippen LogP contribution in [0.15, 0.2) is 24.3 Å². The van der Waals surface area contributed by atoms with E-state index in [0.29, 0.717) is 5.82 Å². The van der Waals surface area contributed by atoms with Crippen LogP contribution in [0.4, 0.5) is 5.82 Å². The fraction of sp³-hybridized carbons (Fsp3) is 0.375. The number of amides is 1. The first-order chi connectivity index (χ1) is 10.7. The van der Waals surface area contributed by atoms with Crippen molar-refractivity contribution < 1.29 is 13.2 Å². The van der Waals surface area contributed by atoms with Crippen LogP contribution in [0, 0.1) is 13.8 Å². The van der Waals surface area contributed by atoms with Crippen molar-refractivity contribution in [1.29, 1.82) is 0 Å². The lowest BCUT2D eigenvalue weighted by Gasteiger charge is -2.15. The molecule has 1 N–H and O–H groups in total. The third-order valence-corrected chi connectivity index (χ3v) is 5.44. The van der Waals surface area contributed by atoms with E-state index in [0.717, 1.165) is 26.3 Å². The maximum atomic E-state index is 12.0. The van der Waals surface area contributed by atoms with Gasteiger partial charge in [-0.05, 0) is 50.1 Å². The van der Waals surface area contributed by atoms with E-state index in [1.165, 1.54) is 7.05 Å². The average molecular weight is 335 g/mol. The normalized spacial score (nSPS) is 11.9. The number of nitrogens with zero attached hydrogens (tertiary/aromatic N) is 2. The number of nitrogens with one attached hydrogen (secondary N) is 1. The monoisotopic (exact) mass is 335 g/mol. The van der Waals surface area contributed by atoms with E-state index >= 15 is 0 Å². The Hall–Kier alpha value is -1.99. The molecule has 0 saturated heterocycles. The van der Waals surface area contributed by atoms with Gasteiger partial charge in [0, 0.05) is 12.4 Å². The van der Waals surface area contributed by atoms with Crippen molar-refractivity contribution in [2.45, 2.75) is 20.8 Å². The van der Waals surface area contributed by atoms with Crippen LogP contribution in [0.2, 0.25) is 0 Å². The Morgan fingerprint density at radius 3 is 2.61 bits per heavy atom. The third kappa shape index (κ3) is 4.05. The van der Waals surface area contributed by atoms with Crippen LogP contribution in [0.25, 0.3) is 10.9 Å². The van der Waals surface area contributed by atoms with Gasteiger partial charge in [-0.1, -0.05) is 6.07 Å². The topological polar surface area (TPSA) is 79.4 Å². The van der Waals surface area contributed by atoms with E-state index < -0.39 is 15.9 Å². The van der Waals surface area contributed by atoms with E-state index in [1.807, 2.05) is 26.0 Å². The Kier molecular flexibility index (Phi) is 5.01. The van der Waals surface area contributed by atoms with Crippen LogP contribution in [-0.4, -0.2) is 43.0 Å². The molecule has 1 heterocycles. The molecule has 23 heavy (non-hydrogen) atoms. The summed E-state index contributed by atoms with van der Waals surface area (Å²) in [5.74, 6) is -0.0423. The van der Waals surface area contributed by atoms with Gasteiger partial charge in [-0.3, -0.25) is 4.79 Å². The van der Waals surface area contributed by atoms with Crippen molar-refractivity contribution >= 4 is 32.7 Å². The Bertz CT molecular complexity index is 847. The first-order valence-corrected chi connectivity index (χ1v) is 8.95. The fourth-order valence-electron chi connectivity index (χ4n) is 2.37. The van der Waals surface area contributed by atoms with Crippen LogP contribution >= 0.6 is 0 Å². The largest absolute Gasteiger partial charge is 0.310 e. The van der Waals surface area contributed by atoms with E-state index in [-0.39, 0.29) is 12.3 Å². The summed E-state index contributed by atoms with van der Waals surface area (Å²) in [4.78, 5) is 16.4. The van der Waals surface area contributed by atoms with Crippen molar-refractivity contribution in [2.24, 2.45) is 0 Å². The number of aromatic nitrogens is 1. The molecule has 0 radical (unpaired) electrons. The number of anilines is 1. The van der Waals surface area contributed by atoms with E-state index in [4.69, 9.17) is 0 Å². The summed E-state index contributed by atoms with van der Waals surface area (Å²) in [6, 6.07) is 7.65. The number of rotatable bonds is 5. The predicted molar refractivity (Wildman–Crippen MR) is 91.9 cm³/mol. The van der Waals surface area contributed by atoms with Crippen molar-refractivity contribution in [3.63, 3.8) is 0 Å². The minimum Gasteiger partial charge on any atom is -0.310 e. The average Bonchev–Trinajstić information content (AvgIpc) is 2.46. The lowest BCUT2D eigenvalue weighted by molar-refractivity contribution is -0.116. The van der Waals surface area contributed by atoms with Crippen molar-refractivity contribution in [3.8, 4) is 0 Å². The van der Waals surface area contributed by atoms with E-state index in [2.05, 4.69) is 16.4 Å². The van der Waals surface area contributed by atoms with Gasteiger partial charge in [0.05, 0.1) is 17.8 Å². The number of aryl methyl sites for hydroxylation is 2. The van der Waals surface area contributed by atoms with Crippen molar-refractivity contribution in [2.75, 3.05) is 24.7 Å². The number of hydrogen-bond donors (Lipinski definition) is 1. The summed E-state index contributed by atoms with van der Waals surface area (Å²) < 4.78 is 24.4. The minimum absolute atomic E-state index is 0.0381. The van der Waals surface area contributed by atoms with Crippen LogP contribution in [0.1, 0.15) is 18.1 Å². The first-order valence-electron chi connectivity index (χ1n) is 7.35. The molecule has 1 aromatic heterocycles. The van der Waals surface area contributed by atoms with Gasteiger partial charge < -0.3 is 5.32 Å². The molecule has 0 unspecified atom stereocenters. The Morgan fingerprint density at radius 2 is 1.96 bits per heavy atom. The molecule has 0 aliphatic carbocycles. The van der Waals surface area contributed by atoms with Gasteiger partial charge >= 0.3 is 0 Å². The highest BCUT2D eigenvalue weighted by molar-refractivity contribution is 7.89. The van der Waals surface area contributed by atoms with Gasteiger partial charge in [0.15, 0.2) is 0 Å². The second-order valence-electron chi connectivity index (χ2n) is 5.55. The lowest BCUT2D eigenvalue weighted by Crippen LogP contribution is -2.35. The second-order valence-corrected chi connectivity index (χ2v) is 7.91. The Labute approximate surface area is 136 Å². The molecular weight excluding hydrogens is 314 g/mol. The molecule has 0 atom stereocenters. The van der Waals surface area contributed by atoms with Crippen molar-refractivity contribution in [1.82, 2.24) is 9.29 Å². The quantitative estimate of drug-likeness (QED) is 0.907. The Morgan fingerprint density at radius 1 is 1.26 bits per heavy atom. The van der Waals surface area contributed by atoms with Gasteiger partial charge in [0.25, 0.3) is 0 Å². The van der Waals surface area contributed by atoms with Gasteiger partial charge in [-0.2, -0.15) is 4.31 Å². The number of carbonyl (C=O) groups is 1. The molecule has 0 aliphatic heterocycles. The molecule has 2 aromatic rings. The SMILES string of the molecule is CCS(=O)(=O)N(C)CC(=O)Nc1ccc2c(C)cc(C)cc2n1. The molecule has 0 spiro atoms. The number of hydrogen-bond acceptors (Lipinski definition) is 4.